The molecule has 94 valence electrons. The zero-order valence-electron chi connectivity index (χ0n) is 10.4. The first-order valence-corrected chi connectivity index (χ1v) is 6.21. The van der Waals surface area contributed by atoms with E-state index in [1.165, 1.54) is 25.0 Å². The van der Waals surface area contributed by atoms with Crippen molar-refractivity contribution in [1.82, 2.24) is 5.32 Å². The van der Waals surface area contributed by atoms with Crippen molar-refractivity contribution in [3.63, 3.8) is 0 Å². The molecule has 0 radical (unpaired) electrons. The molecule has 0 spiro atoms. The summed E-state index contributed by atoms with van der Waals surface area (Å²) in [6.07, 6.45) is 2.58. The van der Waals surface area contributed by atoms with Gasteiger partial charge in [-0.25, -0.2) is 4.39 Å². The Balaban J connectivity index is 1.94. The predicted octanol–water partition coefficient (Wildman–Crippen LogP) is 2.90. The summed E-state index contributed by atoms with van der Waals surface area (Å²) in [6, 6.07) is 7.34. The molecule has 2 atom stereocenters. The molecule has 0 bridgehead atoms. The highest BCUT2D eigenvalue weighted by Crippen LogP contribution is 2.33. The lowest BCUT2D eigenvalue weighted by Crippen LogP contribution is -2.36. The molecule has 1 aromatic carbocycles. The number of rotatable bonds is 6. The van der Waals surface area contributed by atoms with E-state index in [0.29, 0.717) is 6.04 Å². The Hall–Kier alpha value is -0.930. The maximum Gasteiger partial charge on any atom is 0.123 e. The molecular formula is C14H20FNO. The second-order valence-electron chi connectivity index (χ2n) is 4.84. The maximum atomic E-state index is 12.8. The van der Waals surface area contributed by atoms with Crippen molar-refractivity contribution < 1.29 is 9.13 Å². The monoisotopic (exact) mass is 237 g/mol. The van der Waals surface area contributed by atoms with Gasteiger partial charge in [-0.15, -0.1) is 0 Å². The number of halogens is 1. The molecule has 0 heterocycles. The minimum absolute atomic E-state index is 0.184. The molecule has 1 aromatic rings. The fourth-order valence-corrected chi connectivity index (χ4v) is 2.17. The smallest absolute Gasteiger partial charge is 0.123 e. The van der Waals surface area contributed by atoms with Gasteiger partial charge in [0.2, 0.25) is 0 Å². The van der Waals surface area contributed by atoms with Gasteiger partial charge in [0.05, 0.1) is 6.61 Å². The third-order valence-electron chi connectivity index (χ3n) is 3.37. The highest BCUT2D eigenvalue weighted by Gasteiger charge is 2.31. The molecular weight excluding hydrogens is 217 g/mol. The van der Waals surface area contributed by atoms with Gasteiger partial charge in [0.25, 0.3) is 0 Å². The van der Waals surface area contributed by atoms with Crippen LogP contribution in [0.3, 0.4) is 0 Å². The van der Waals surface area contributed by atoms with Crippen molar-refractivity contribution >= 4 is 0 Å². The van der Waals surface area contributed by atoms with Crippen molar-refractivity contribution in [3.8, 4) is 0 Å². The standard InChI is InChI=1S/C14H20FNO/c1-10(11-5-7-13(15)8-6-11)16-14(9-17-2)12-3-4-12/h5-8,10,12,14,16H,3-4,9H2,1-2H3/t10-,14?/m1/s1. The van der Waals surface area contributed by atoms with Gasteiger partial charge < -0.3 is 10.1 Å². The van der Waals surface area contributed by atoms with Crippen LogP contribution in [0.25, 0.3) is 0 Å². The molecule has 0 saturated heterocycles. The van der Waals surface area contributed by atoms with Crippen molar-refractivity contribution in [2.24, 2.45) is 5.92 Å². The molecule has 1 aliphatic rings. The molecule has 1 N–H and O–H groups in total. The van der Waals surface area contributed by atoms with E-state index in [4.69, 9.17) is 4.74 Å². The van der Waals surface area contributed by atoms with Gasteiger partial charge in [0.15, 0.2) is 0 Å². The van der Waals surface area contributed by atoms with Crippen LogP contribution in [0.5, 0.6) is 0 Å². The Morgan fingerprint density at radius 3 is 2.53 bits per heavy atom. The predicted molar refractivity (Wildman–Crippen MR) is 66.3 cm³/mol. The summed E-state index contributed by atoms with van der Waals surface area (Å²) in [5, 5.41) is 3.57. The largest absolute Gasteiger partial charge is 0.383 e. The van der Waals surface area contributed by atoms with Gasteiger partial charge in [0.1, 0.15) is 5.82 Å². The molecule has 2 nitrogen and oxygen atoms in total. The van der Waals surface area contributed by atoms with Gasteiger partial charge >= 0.3 is 0 Å². The summed E-state index contributed by atoms with van der Waals surface area (Å²) in [7, 11) is 1.74. The average Bonchev–Trinajstić information content (AvgIpc) is 3.13. The molecule has 3 heteroatoms. The Morgan fingerprint density at radius 2 is 2.00 bits per heavy atom. The summed E-state index contributed by atoms with van der Waals surface area (Å²) >= 11 is 0. The van der Waals surface area contributed by atoms with Crippen LogP contribution in [0.1, 0.15) is 31.4 Å². The molecule has 1 aliphatic carbocycles. The Morgan fingerprint density at radius 1 is 1.35 bits per heavy atom. The van der Waals surface area contributed by atoms with Gasteiger partial charge in [-0.1, -0.05) is 12.1 Å². The van der Waals surface area contributed by atoms with Gasteiger partial charge in [-0.2, -0.15) is 0 Å². The van der Waals surface area contributed by atoms with Gasteiger partial charge in [-0.3, -0.25) is 0 Å². The number of hydrogen-bond donors (Lipinski definition) is 1. The van der Waals surface area contributed by atoms with Crippen LogP contribution < -0.4 is 5.32 Å². The fraction of sp³-hybridized carbons (Fsp3) is 0.571. The first kappa shape index (κ1) is 12.5. The molecule has 1 saturated carbocycles. The highest BCUT2D eigenvalue weighted by atomic mass is 19.1. The van der Waals surface area contributed by atoms with E-state index in [1.807, 2.05) is 12.1 Å². The van der Waals surface area contributed by atoms with Crippen LogP contribution in [0, 0.1) is 11.7 Å². The Kier molecular flexibility index (Phi) is 4.13. The molecule has 2 rings (SSSR count). The van der Waals surface area contributed by atoms with Crippen LogP contribution >= 0.6 is 0 Å². The summed E-state index contributed by atoms with van der Waals surface area (Å²) in [6.45, 7) is 2.86. The van der Waals surface area contributed by atoms with Crippen molar-refractivity contribution in [3.05, 3.63) is 35.6 Å². The third-order valence-corrected chi connectivity index (χ3v) is 3.37. The van der Waals surface area contributed by atoms with E-state index in [1.54, 1.807) is 7.11 Å². The van der Waals surface area contributed by atoms with Gasteiger partial charge in [-0.05, 0) is 43.4 Å². The molecule has 0 amide bonds. The van der Waals surface area contributed by atoms with Crippen LogP contribution in [-0.4, -0.2) is 19.8 Å². The number of ether oxygens (including phenoxy) is 1. The molecule has 0 aromatic heterocycles. The zero-order chi connectivity index (χ0) is 12.3. The SMILES string of the molecule is COCC(N[C@H](C)c1ccc(F)cc1)C1CC1. The third kappa shape index (κ3) is 3.51. The first-order valence-electron chi connectivity index (χ1n) is 6.21. The number of nitrogens with one attached hydrogen (secondary N) is 1. The number of methoxy groups -OCH3 is 1. The van der Waals surface area contributed by atoms with E-state index in [-0.39, 0.29) is 11.9 Å². The molecule has 17 heavy (non-hydrogen) atoms. The first-order chi connectivity index (χ1) is 8.20. The van der Waals surface area contributed by atoms with Crippen molar-refractivity contribution in [2.75, 3.05) is 13.7 Å². The van der Waals surface area contributed by atoms with Crippen molar-refractivity contribution in [1.29, 1.82) is 0 Å². The Labute approximate surface area is 102 Å². The summed E-state index contributed by atoms with van der Waals surface area (Å²) in [4.78, 5) is 0. The van der Waals surface area contributed by atoms with Crippen molar-refractivity contribution in [2.45, 2.75) is 31.8 Å². The molecule has 0 aliphatic heterocycles. The minimum Gasteiger partial charge on any atom is -0.383 e. The lowest BCUT2D eigenvalue weighted by molar-refractivity contribution is 0.152. The quantitative estimate of drug-likeness (QED) is 0.821. The number of hydrogen-bond acceptors (Lipinski definition) is 2. The topological polar surface area (TPSA) is 21.3 Å². The summed E-state index contributed by atoms with van der Waals surface area (Å²) < 4.78 is 18.1. The van der Waals surface area contributed by atoms with E-state index in [9.17, 15) is 4.39 Å². The van der Waals surface area contributed by atoms with E-state index >= 15 is 0 Å². The normalized spacial score (nSPS) is 19.0. The minimum atomic E-state index is -0.184. The Bertz CT molecular complexity index is 348. The second-order valence-corrected chi connectivity index (χ2v) is 4.84. The van der Waals surface area contributed by atoms with E-state index < -0.39 is 0 Å². The number of benzene rings is 1. The van der Waals surface area contributed by atoms with Crippen LogP contribution in [-0.2, 0) is 4.74 Å². The van der Waals surface area contributed by atoms with Crippen LogP contribution in [0.4, 0.5) is 4.39 Å². The van der Waals surface area contributed by atoms with E-state index in [2.05, 4.69) is 12.2 Å². The van der Waals surface area contributed by atoms with Crippen LogP contribution in [0.2, 0.25) is 0 Å². The van der Waals surface area contributed by atoms with Crippen LogP contribution in [0.15, 0.2) is 24.3 Å². The molecule has 1 unspecified atom stereocenters. The van der Waals surface area contributed by atoms with Gasteiger partial charge in [0, 0.05) is 19.2 Å². The average molecular weight is 237 g/mol. The molecule has 1 fully saturated rings. The lowest BCUT2D eigenvalue weighted by Gasteiger charge is -2.23. The maximum absolute atomic E-state index is 12.8. The summed E-state index contributed by atoms with van der Waals surface area (Å²) in [5.74, 6) is 0.564. The fourth-order valence-electron chi connectivity index (χ4n) is 2.17. The zero-order valence-corrected chi connectivity index (χ0v) is 10.4. The lowest BCUT2D eigenvalue weighted by atomic mass is 10.1. The summed E-state index contributed by atoms with van der Waals surface area (Å²) in [5.41, 5.74) is 1.12. The highest BCUT2D eigenvalue weighted by molar-refractivity contribution is 5.19. The second kappa shape index (κ2) is 5.61. The van der Waals surface area contributed by atoms with E-state index in [0.717, 1.165) is 18.1 Å².